The molecule has 5 rings (SSSR count). The van der Waals surface area contributed by atoms with Crippen molar-refractivity contribution in [1.29, 1.82) is 0 Å². The molecule has 3 heterocycles. The number of nitrogens with zero attached hydrogens (tertiary/aromatic N) is 5. The van der Waals surface area contributed by atoms with Gasteiger partial charge in [0.25, 0.3) is 5.91 Å². The van der Waals surface area contributed by atoms with Crippen LogP contribution in [-0.4, -0.2) is 44.9 Å². The van der Waals surface area contributed by atoms with Gasteiger partial charge in [0.15, 0.2) is 11.5 Å². The van der Waals surface area contributed by atoms with E-state index in [1.165, 1.54) is 36.6 Å². The van der Waals surface area contributed by atoms with E-state index in [4.69, 9.17) is 10.5 Å². The first-order valence-corrected chi connectivity index (χ1v) is 10.4. The maximum absolute atomic E-state index is 13.6. The van der Waals surface area contributed by atoms with Gasteiger partial charge in [-0.2, -0.15) is 4.39 Å². The van der Waals surface area contributed by atoms with E-state index in [-0.39, 0.29) is 17.8 Å². The van der Waals surface area contributed by atoms with Crippen LogP contribution in [0.3, 0.4) is 0 Å². The van der Waals surface area contributed by atoms with E-state index in [1.54, 1.807) is 24.3 Å². The van der Waals surface area contributed by atoms with Gasteiger partial charge in [0.2, 0.25) is 0 Å². The molecule has 0 spiro atoms. The summed E-state index contributed by atoms with van der Waals surface area (Å²) in [6, 6.07) is 8.36. The van der Waals surface area contributed by atoms with E-state index >= 15 is 0 Å². The molecule has 168 valence electrons. The molecule has 10 heteroatoms. The molecule has 0 bridgehead atoms. The average Bonchev–Trinajstić information content (AvgIpc) is 3.61. The van der Waals surface area contributed by atoms with Gasteiger partial charge in [-0.1, -0.05) is 0 Å². The Balaban J connectivity index is 1.74. The van der Waals surface area contributed by atoms with Gasteiger partial charge in [-0.15, -0.1) is 0 Å². The fraction of sp³-hybridized carbons (Fsp3) is 0.261. The van der Waals surface area contributed by atoms with Gasteiger partial charge in [0, 0.05) is 31.2 Å². The van der Waals surface area contributed by atoms with Gasteiger partial charge in [-0.25, -0.2) is 19.4 Å². The van der Waals surface area contributed by atoms with E-state index in [1.807, 2.05) is 0 Å². The van der Waals surface area contributed by atoms with Gasteiger partial charge >= 0.3 is 6.08 Å². The number of rotatable bonds is 6. The van der Waals surface area contributed by atoms with Crippen molar-refractivity contribution < 1.29 is 18.3 Å². The maximum Gasteiger partial charge on any atom is 0.308 e. The first-order chi connectivity index (χ1) is 15.9. The van der Waals surface area contributed by atoms with Crippen molar-refractivity contribution in [2.45, 2.75) is 31.2 Å². The number of carbonyl (C=O) groups is 1. The highest BCUT2D eigenvalue weighted by molar-refractivity contribution is 6.09. The Morgan fingerprint density at radius 1 is 1.12 bits per heavy atom. The molecule has 1 aromatic carbocycles. The van der Waals surface area contributed by atoms with Crippen LogP contribution in [0.25, 0.3) is 11.1 Å². The summed E-state index contributed by atoms with van der Waals surface area (Å²) >= 11 is 0. The number of hydrogen-bond donors (Lipinski definition) is 1. The topological polar surface area (TPSA) is 107 Å². The quantitative estimate of drug-likeness (QED) is 0.579. The van der Waals surface area contributed by atoms with Crippen molar-refractivity contribution in [2.75, 3.05) is 7.05 Å². The minimum absolute atomic E-state index is 0.0267. The summed E-state index contributed by atoms with van der Waals surface area (Å²) in [4.78, 5) is 30.7. The van der Waals surface area contributed by atoms with Crippen LogP contribution < -0.4 is 10.5 Å². The molecule has 0 radical (unpaired) electrons. The zero-order chi connectivity index (χ0) is 23.2. The molecule has 1 aliphatic heterocycles. The Bertz CT molecular complexity index is 1260. The number of pyridine rings is 1. The summed E-state index contributed by atoms with van der Waals surface area (Å²) in [6.07, 6.45) is 5.24. The smallest absolute Gasteiger partial charge is 0.308 e. The van der Waals surface area contributed by atoms with Crippen LogP contribution in [0, 0.1) is 6.08 Å². The first-order valence-electron chi connectivity index (χ1n) is 10.4. The number of carbonyl (C=O) groups excluding carboxylic acids is 1. The first kappa shape index (κ1) is 20.9. The second kappa shape index (κ2) is 7.88. The number of amides is 1. The number of likely N-dealkylation sites (N-methyl/N-ethyl adjacent to an activating group) is 1. The number of guanidine groups is 1. The van der Waals surface area contributed by atoms with Gasteiger partial charge < -0.3 is 10.5 Å². The maximum atomic E-state index is 13.6. The third-order valence-electron chi connectivity index (χ3n) is 5.72. The number of alkyl halides is 1. The number of benzene rings is 1. The predicted molar refractivity (Wildman–Crippen MR) is 115 cm³/mol. The zero-order valence-electron chi connectivity index (χ0n) is 17.7. The Labute approximate surface area is 188 Å². The van der Waals surface area contributed by atoms with Crippen molar-refractivity contribution in [3.8, 4) is 16.9 Å². The van der Waals surface area contributed by atoms with Crippen LogP contribution in [0.15, 0.2) is 53.9 Å². The van der Waals surface area contributed by atoms with E-state index in [2.05, 4.69) is 19.9 Å². The third-order valence-corrected chi connectivity index (χ3v) is 5.72. The molecule has 3 aromatic rings. The molecule has 1 aliphatic carbocycles. The normalized spacial score (nSPS) is 20.2. The molecule has 0 saturated heterocycles. The SMILES string of the molecule is CN1C(=O)C(c2cc(OC3CC3)cc(-c3cnc(F)nc3)c2)(c2ccnc(CF)c2)N=C1N. The lowest BCUT2D eigenvalue weighted by Crippen LogP contribution is -2.41. The molecule has 1 fully saturated rings. The summed E-state index contributed by atoms with van der Waals surface area (Å²) in [7, 11) is 1.53. The molecule has 33 heavy (non-hydrogen) atoms. The zero-order valence-corrected chi connectivity index (χ0v) is 17.7. The highest BCUT2D eigenvalue weighted by atomic mass is 19.1. The summed E-state index contributed by atoms with van der Waals surface area (Å²) in [5, 5.41) is 0. The molecular weight excluding hydrogens is 430 g/mol. The summed E-state index contributed by atoms with van der Waals surface area (Å²) in [6.45, 7) is -0.795. The Morgan fingerprint density at radius 3 is 2.52 bits per heavy atom. The average molecular weight is 450 g/mol. The standard InChI is InChI=1S/C23H20F2N6O2/c1-31-20(32)23(30-22(31)26,15-4-5-27-17(8-15)10-24)16-6-13(14-11-28-21(25)29-12-14)7-19(9-16)33-18-2-3-18/h4-9,11-12,18H,2-3,10H2,1H3,(H2,26,30). The van der Waals surface area contributed by atoms with Gasteiger partial charge in [-0.05, 0) is 59.9 Å². The van der Waals surface area contributed by atoms with Crippen LogP contribution in [0.2, 0.25) is 0 Å². The number of halogens is 2. The van der Waals surface area contributed by atoms with Crippen molar-refractivity contribution in [3.63, 3.8) is 0 Å². The van der Waals surface area contributed by atoms with Crippen molar-refractivity contribution in [2.24, 2.45) is 10.7 Å². The number of aromatic nitrogens is 3. The van der Waals surface area contributed by atoms with Crippen LogP contribution >= 0.6 is 0 Å². The Morgan fingerprint density at radius 2 is 1.88 bits per heavy atom. The molecule has 2 N–H and O–H groups in total. The molecule has 1 atom stereocenters. The minimum Gasteiger partial charge on any atom is -0.490 e. The van der Waals surface area contributed by atoms with Crippen molar-refractivity contribution in [1.82, 2.24) is 19.9 Å². The highest BCUT2D eigenvalue weighted by Gasteiger charge is 2.50. The monoisotopic (exact) mass is 450 g/mol. The molecule has 8 nitrogen and oxygen atoms in total. The third kappa shape index (κ3) is 3.67. The van der Waals surface area contributed by atoms with E-state index in [0.29, 0.717) is 28.0 Å². The molecular formula is C23H20F2N6O2. The number of ether oxygens (including phenoxy) is 1. The number of nitrogens with two attached hydrogens (primary N) is 1. The lowest BCUT2D eigenvalue weighted by Gasteiger charge is -2.27. The molecule has 2 aliphatic rings. The Kier molecular flexibility index (Phi) is 4.99. The summed E-state index contributed by atoms with van der Waals surface area (Å²) < 4.78 is 32.8. The predicted octanol–water partition coefficient (Wildman–Crippen LogP) is 2.72. The van der Waals surface area contributed by atoms with Crippen LogP contribution in [0.5, 0.6) is 5.75 Å². The molecule has 1 amide bonds. The van der Waals surface area contributed by atoms with Crippen molar-refractivity contribution >= 4 is 11.9 Å². The summed E-state index contributed by atoms with van der Waals surface area (Å²) in [5.41, 5.74) is 6.69. The van der Waals surface area contributed by atoms with Crippen molar-refractivity contribution in [3.05, 3.63) is 71.8 Å². The van der Waals surface area contributed by atoms with Crippen LogP contribution in [-0.2, 0) is 17.0 Å². The second-order valence-electron chi connectivity index (χ2n) is 8.02. The van der Waals surface area contributed by atoms with E-state index in [9.17, 15) is 13.6 Å². The van der Waals surface area contributed by atoms with Crippen LogP contribution in [0.1, 0.15) is 29.7 Å². The largest absolute Gasteiger partial charge is 0.490 e. The fourth-order valence-electron chi connectivity index (χ4n) is 3.84. The van der Waals surface area contributed by atoms with Gasteiger partial charge in [0.1, 0.15) is 12.4 Å². The molecule has 1 saturated carbocycles. The molecule has 2 aromatic heterocycles. The summed E-state index contributed by atoms with van der Waals surface area (Å²) in [5.74, 6) is 0.143. The minimum atomic E-state index is -1.57. The van der Waals surface area contributed by atoms with Gasteiger partial charge in [0.05, 0.1) is 11.8 Å². The van der Waals surface area contributed by atoms with Crippen LogP contribution in [0.4, 0.5) is 8.78 Å². The van der Waals surface area contributed by atoms with E-state index in [0.717, 1.165) is 12.8 Å². The van der Waals surface area contributed by atoms with E-state index < -0.39 is 24.2 Å². The molecule has 1 unspecified atom stereocenters. The van der Waals surface area contributed by atoms with Gasteiger partial charge in [-0.3, -0.25) is 14.7 Å². The number of hydrogen-bond acceptors (Lipinski definition) is 7. The lowest BCUT2D eigenvalue weighted by molar-refractivity contribution is -0.129. The highest BCUT2D eigenvalue weighted by Crippen LogP contribution is 2.43. The second-order valence-corrected chi connectivity index (χ2v) is 8.02. The fourth-order valence-corrected chi connectivity index (χ4v) is 3.84. The Hall–Kier alpha value is -3.95. The number of aliphatic imine (C=N–C) groups is 1. The lowest BCUT2D eigenvalue weighted by atomic mass is 9.81.